The molecular weight excluding hydrogens is 246 g/mol. The predicted octanol–water partition coefficient (Wildman–Crippen LogP) is 0.804. The van der Waals surface area contributed by atoms with Gasteiger partial charge in [0, 0.05) is 26.2 Å². The number of ether oxygens (including phenoxy) is 1. The second-order valence-electron chi connectivity index (χ2n) is 4.80. The van der Waals surface area contributed by atoms with Crippen molar-refractivity contribution in [2.24, 2.45) is 0 Å². The molecule has 1 aliphatic rings. The predicted molar refractivity (Wildman–Crippen MR) is 68.5 cm³/mol. The number of hydrogen-bond donors (Lipinski definition) is 1. The molecule has 2 aromatic rings. The number of β-amino-alcohol motifs (C(OH)–C–C–N with tert-alkyl or cyclic N) is 1. The number of aliphatic hydroxyl groups excluding tert-OH is 1. The van der Waals surface area contributed by atoms with Gasteiger partial charge in [0.25, 0.3) is 0 Å². The lowest BCUT2D eigenvalue weighted by Gasteiger charge is -2.15. The van der Waals surface area contributed by atoms with Crippen molar-refractivity contribution in [3.63, 3.8) is 0 Å². The molecule has 0 spiro atoms. The van der Waals surface area contributed by atoms with Crippen molar-refractivity contribution in [2.75, 3.05) is 19.7 Å². The number of fused-ring (bicyclic) bond motifs is 1. The van der Waals surface area contributed by atoms with Crippen molar-refractivity contribution in [2.45, 2.75) is 25.7 Å². The lowest BCUT2D eigenvalue weighted by atomic mass is 10.2. The minimum atomic E-state index is -0.422. The molecule has 2 heterocycles. The summed E-state index contributed by atoms with van der Waals surface area (Å²) in [7, 11) is 0. The van der Waals surface area contributed by atoms with Crippen molar-refractivity contribution < 1.29 is 14.5 Å². The molecule has 0 aliphatic carbocycles. The fraction of sp³-hybridized carbons (Fsp3) is 0.538. The maximum Gasteiger partial charge on any atom is 0.139 e. The van der Waals surface area contributed by atoms with Crippen LogP contribution in [0.3, 0.4) is 0 Å². The van der Waals surface area contributed by atoms with Crippen molar-refractivity contribution in [1.82, 2.24) is 15.2 Å². The van der Waals surface area contributed by atoms with Gasteiger partial charge in [-0.15, -0.1) is 0 Å². The maximum absolute atomic E-state index is 9.93. The lowest BCUT2D eigenvalue weighted by Crippen LogP contribution is -2.26. The van der Waals surface area contributed by atoms with Crippen LogP contribution >= 0.6 is 0 Å². The van der Waals surface area contributed by atoms with E-state index in [1.165, 1.54) is 0 Å². The first kappa shape index (κ1) is 12.5. The van der Waals surface area contributed by atoms with E-state index in [-0.39, 0.29) is 6.10 Å². The minimum Gasteiger partial charge on any atom is -0.389 e. The van der Waals surface area contributed by atoms with Gasteiger partial charge in [-0.05, 0) is 28.9 Å². The quantitative estimate of drug-likeness (QED) is 0.880. The lowest BCUT2D eigenvalue weighted by molar-refractivity contribution is -0.00244. The topological polar surface area (TPSA) is 71.6 Å². The van der Waals surface area contributed by atoms with E-state index in [2.05, 4.69) is 15.2 Å². The Bertz CT molecular complexity index is 557. The Morgan fingerprint density at radius 3 is 3.16 bits per heavy atom. The zero-order valence-corrected chi connectivity index (χ0v) is 10.8. The number of likely N-dealkylation sites (tertiary alicyclic amines) is 1. The van der Waals surface area contributed by atoms with Gasteiger partial charge in [0.05, 0.1) is 12.2 Å². The summed E-state index contributed by atoms with van der Waals surface area (Å²) in [4.78, 5) is 2.16. The molecule has 2 atom stereocenters. The van der Waals surface area contributed by atoms with Gasteiger partial charge in [0.1, 0.15) is 11.0 Å². The number of nitrogens with zero attached hydrogens (tertiary/aromatic N) is 3. The molecular formula is C13H17N3O3. The highest BCUT2D eigenvalue weighted by molar-refractivity contribution is 5.76. The average Bonchev–Trinajstić information content (AvgIpc) is 2.98. The number of aliphatic hydroxyl groups is 1. The molecule has 1 aromatic heterocycles. The van der Waals surface area contributed by atoms with Gasteiger partial charge >= 0.3 is 0 Å². The number of aromatic nitrogens is 2. The first-order valence-electron chi connectivity index (χ1n) is 6.50. The summed E-state index contributed by atoms with van der Waals surface area (Å²) in [6.45, 7) is 4.63. The third-order valence-electron chi connectivity index (χ3n) is 3.46. The third-order valence-corrected chi connectivity index (χ3v) is 3.46. The standard InChI is InChI=1S/C13H17N3O3/c1-2-18-12-8-16(7-11(12)17)6-9-4-3-5-10-13(9)15-19-14-10/h3-5,11-12,17H,2,6-8H2,1H3/t11-,12-/m1/s1. The normalized spacial score (nSPS) is 24.3. The van der Waals surface area contributed by atoms with Crippen LogP contribution in [0.5, 0.6) is 0 Å². The van der Waals surface area contributed by atoms with Crippen LogP contribution in [0.25, 0.3) is 11.0 Å². The molecule has 1 N–H and O–H groups in total. The van der Waals surface area contributed by atoms with E-state index < -0.39 is 6.10 Å². The van der Waals surface area contributed by atoms with Crippen LogP contribution in [0, 0.1) is 0 Å². The zero-order valence-electron chi connectivity index (χ0n) is 10.8. The fourth-order valence-corrected chi connectivity index (χ4v) is 2.57. The zero-order chi connectivity index (χ0) is 13.2. The first-order chi connectivity index (χ1) is 9.28. The summed E-state index contributed by atoms with van der Waals surface area (Å²) in [5, 5.41) is 17.7. The van der Waals surface area contributed by atoms with Gasteiger partial charge in [-0.1, -0.05) is 12.1 Å². The Balaban J connectivity index is 1.74. The summed E-state index contributed by atoms with van der Waals surface area (Å²) < 4.78 is 10.3. The van der Waals surface area contributed by atoms with E-state index in [1.54, 1.807) is 0 Å². The Kier molecular flexibility index (Phi) is 3.46. The smallest absolute Gasteiger partial charge is 0.139 e. The minimum absolute atomic E-state index is 0.0976. The average molecular weight is 263 g/mol. The molecule has 1 fully saturated rings. The van der Waals surface area contributed by atoms with Crippen molar-refractivity contribution >= 4 is 11.0 Å². The van der Waals surface area contributed by atoms with Crippen LogP contribution in [0.1, 0.15) is 12.5 Å². The van der Waals surface area contributed by atoms with Crippen LogP contribution in [-0.4, -0.2) is 52.2 Å². The molecule has 0 unspecified atom stereocenters. The van der Waals surface area contributed by atoms with E-state index in [9.17, 15) is 5.11 Å². The van der Waals surface area contributed by atoms with E-state index >= 15 is 0 Å². The first-order valence-corrected chi connectivity index (χ1v) is 6.50. The molecule has 6 heteroatoms. The van der Waals surface area contributed by atoms with Crippen LogP contribution in [0.2, 0.25) is 0 Å². The van der Waals surface area contributed by atoms with Crippen LogP contribution in [0.4, 0.5) is 0 Å². The number of benzene rings is 1. The van der Waals surface area contributed by atoms with Crippen LogP contribution in [0.15, 0.2) is 22.8 Å². The SMILES string of the molecule is CCO[C@@H]1CN(Cc2cccc3nonc23)C[C@H]1O. The van der Waals surface area contributed by atoms with E-state index in [0.29, 0.717) is 19.7 Å². The van der Waals surface area contributed by atoms with Crippen LogP contribution < -0.4 is 0 Å². The summed E-state index contributed by atoms with van der Waals surface area (Å²) in [6.07, 6.45) is -0.519. The molecule has 1 aliphatic heterocycles. The van der Waals surface area contributed by atoms with E-state index in [1.807, 2.05) is 25.1 Å². The van der Waals surface area contributed by atoms with Gasteiger partial charge in [-0.3, -0.25) is 4.90 Å². The van der Waals surface area contributed by atoms with Gasteiger partial charge in [0.2, 0.25) is 0 Å². The highest BCUT2D eigenvalue weighted by Gasteiger charge is 2.31. The van der Waals surface area contributed by atoms with Crippen molar-refractivity contribution in [1.29, 1.82) is 0 Å². The molecule has 19 heavy (non-hydrogen) atoms. The monoisotopic (exact) mass is 263 g/mol. The van der Waals surface area contributed by atoms with E-state index in [4.69, 9.17) is 9.37 Å². The molecule has 102 valence electrons. The molecule has 0 bridgehead atoms. The molecule has 0 saturated carbocycles. The Morgan fingerprint density at radius 1 is 1.42 bits per heavy atom. The number of rotatable bonds is 4. The largest absolute Gasteiger partial charge is 0.389 e. The molecule has 0 radical (unpaired) electrons. The third kappa shape index (κ3) is 2.47. The van der Waals surface area contributed by atoms with Gasteiger partial charge < -0.3 is 9.84 Å². The van der Waals surface area contributed by atoms with E-state index in [0.717, 1.165) is 23.1 Å². The summed E-state index contributed by atoms with van der Waals surface area (Å²) in [5.41, 5.74) is 2.61. The second-order valence-corrected chi connectivity index (χ2v) is 4.80. The highest BCUT2D eigenvalue weighted by atomic mass is 16.6. The molecule has 0 amide bonds. The van der Waals surface area contributed by atoms with Crippen LogP contribution in [-0.2, 0) is 11.3 Å². The fourth-order valence-electron chi connectivity index (χ4n) is 2.57. The number of hydrogen-bond acceptors (Lipinski definition) is 6. The van der Waals surface area contributed by atoms with Gasteiger partial charge in [-0.2, -0.15) is 0 Å². The van der Waals surface area contributed by atoms with Gasteiger partial charge in [-0.25, -0.2) is 4.63 Å². The highest BCUT2D eigenvalue weighted by Crippen LogP contribution is 2.20. The molecule has 1 saturated heterocycles. The second kappa shape index (κ2) is 5.24. The Morgan fingerprint density at radius 2 is 2.32 bits per heavy atom. The maximum atomic E-state index is 9.93. The summed E-state index contributed by atoms with van der Waals surface area (Å²) >= 11 is 0. The van der Waals surface area contributed by atoms with Gasteiger partial charge in [0.15, 0.2) is 0 Å². The summed E-state index contributed by atoms with van der Waals surface area (Å²) in [5.74, 6) is 0. The van der Waals surface area contributed by atoms with Crippen molar-refractivity contribution in [3.05, 3.63) is 23.8 Å². The Hall–Kier alpha value is -1.50. The molecule has 1 aromatic carbocycles. The molecule has 3 rings (SSSR count). The van der Waals surface area contributed by atoms with Crippen molar-refractivity contribution in [3.8, 4) is 0 Å². The summed E-state index contributed by atoms with van der Waals surface area (Å²) in [6, 6.07) is 5.82. The Labute approximate surface area is 110 Å². The molecule has 6 nitrogen and oxygen atoms in total.